The number of nitrogens with one attached hydrogen (secondary N) is 1. The highest BCUT2D eigenvalue weighted by Gasteiger charge is 2.35. The summed E-state index contributed by atoms with van der Waals surface area (Å²) in [5.41, 5.74) is -0.905. The number of carbonyl (C=O) groups is 2. The van der Waals surface area contributed by atoms with Crippen molar-refractivity contribution < 1.29 is 27.5 Å². The number of carboxylic acid groups (broad SMARTS) is 1. The lowest BCUT2D eigenvalue weighted by Gasteiger charge is -2.30. The SMILES string of the molecule is CCC(CC)(CC(=O)O)NC(=O)c1cc(S(=O)(=O)N2CCCC2)c(C)o1. The van der Waals surface area contributed by atoms with Crippen LogP contribution in [0.2, 0.25) is 0 Å². The maximum absolute atomic E-state index is 12.7. The number of carbonyl (C=O) groups excluding carboxylic acids is 1. The van der Waals surface area contributed by atoms with E-state index in [-0.39, 0.29) is 22.8 Å². The molecule has 9 heteroatoms. The first-order valence-electron chi connectivity index (χ1n) is 8.80. The molecule has 0 aromatic carbocycles. The Hall–Kier alpha value is -1.87. The quantitative estimate of drug-likeness (QED) is 0.707. The maximum Gasteiger partial charge on any atom is 0.305 e. The number of aryl methyl sites for hydroxylation is 1. The number of amides is 1. The van der Waals surface area contributed by atoms with Crippen molar-refractivity contribution in [3.63, 3.8) is 0 Å². The molecule has 2 heterocycles. The zero-order chi connectivity index (χ0) is 19.5. The van der Waals surface area contributed by atoms with Gasteiger partial charge in [0.2, 0.25) is 10.0 Å². The minimum absolute atomic E-state index is 0.0126. The van der Waals surface area contributed by atoms with Crippen molar-refractivity contribution in [1.29, 1.82) is 0 Å². The molecule has 2 N–H and O–H groups in total. The lowest BCUT2D eigenvalue weighted by Crippen LogP contribution is -2.49. The molecular formula is C17H26N2O6S. The summed E-state index contributed by atoms with van der Waals surface area (Å²) in [6.45, 7) is 6.01. The predicted octanol–water partition coefficient (Wildman–Crippen LogP) is 2.14. The fraction of sp³-hybridized carbons (Fsp3) is 0.647. The van der Waals surface area contributed by atoms with Crippen LogP contribution in [-0.4, -0.2) is 48.3 Å². The Morgan fingerprint density at radius 2 is 1.85 bits per heavy atom. The van der Waals surface area contributed by atoms with Crippen LogP contribution in [0.25, 0.3) is 0 Å². The Bertz CT molecular complexity index is 773. The Labute approximate surface area is 153 Å². The summed E-state index contributed by atoms with van der Waals surface area (Å²) in [5.74, 6) is -1.60. The molecule has 1 aromatic rings. The minimum Gasteiger partial charge on any atom is -0.481 e. The van der Waals surface area contributed by atoms with Crippen LogP contribution in [0.4, 0.5) is 0 Å². The van der Waals surface area contributed by atoms with Crippen LogP contribution >= 0.6 is 0 Å². The van der Waals surface area contributed by atoms with Gasteiger partial charge < -0.3 is 14.8 Å². The van der Waals surface area contributed by atoms with Gasteiger partial charge in [-0.25, -0.2) is 8.42 Å². The molecule has 0 unspecified atom stereocenters. The predicted molar refractivity (Wildman–Crippen MR) is 94.5 cm³/mol. The lowest BCUT2D eigenvalue weighted by atomic mass is 9.89. The standard InChI is InChI=1S/C17H26N2O6S/c1-4-17(5-2,11-15(20)21)18-16(22)13-10-14(12(3)25-13)26(23,24)19-8-6-7-9-19/h10H,4-9,11H2,1-3H3,(H,18,22)(H,20,21). The molecule has 1 saturated heterocycles. The normalized spacial score (nSPS) is 16.0. The van der Waals surface area contributed by atoms with E-state index in [1.165, 1.54) is 17.3 Å². The van der Waals surface area contributed by atoms with Crippen LogP contribution in [-0.2, 0) is 14.8 Å². The van der Waals surface area contributed by atoms with Crippen molar-refractivity contribution in [2.45, 2.75) is 63.3 Å². The molecule has 26 heavy (non-hydrogen) atoms. The topological polar surface area (TPSA) is 117 Å². The highest BCUT2D eigenvalue weighted by Crippen LogP contribution is 2.27. The van der Waals surface area contributed by atoms with Crippen LogP contribution in [0.15, 0.2) is 15.4 Å². The molecule has 0 atom stereocenters. The number of hydrogen-bond donors (Lipinski definition) is 2. The summed E-state index contributed by atoms with van der Waals surface area (Å²) < 4.78 is 32.2. The summed E-state index contributed by atoms with van der Waals surface area (Å²) in [6, 6.07) is 1.23. The summed E-state index contributed by atoms with van der Waals surface area (Å²) in [5, 5.41) is 11.8. The van der Waals surface area contributed by atoms with E-state index in [9.17, 15) is 18.0 Å². The molecule has 0 radical (unpaired) electrons. The van der Waals surface area contributed by atoms with Gasteiger partial charge in [-0.1, -0.05) is 13.8 Å². The number of aliphatic carboxylic acids is 1. The third kappa shape index (κ3) is 4.09. The Morgan fingerprint density at radius 3 is 2.35 bits per heavy atom. The van der Waals surface area contributed by atoms with Crippen molar-refractivity contribution in [2.24, 2.45) is 0 Å². The van der Waals surface area contributed by atoms with Crippen molar-refractivity contribution in [3.8, 4) is 0 Å². The summed E-state index contributed by atoms with van der Waals surface area (Å²) in [4.78, 5) is 23.7. The largest absolute Gasteiger partial charge is 0.481 e. The van der Waals surface area contributed by atoms with Gasteiger partial charge in [-0.3, -0.25) is 9.59 Å². The van der Waals surface area contributed by atoms with Crippen LogP contribution in [0.5, 0.6) is 0 Å². The van der Waals surface area contributed by atoms with Gasteiger partial charge in [-0.2, -0.15) is 4.31 Å². The van der Waals surface area contributed by atoms with E-state index >= 15 is 0 Å². The van der Waals surface area contributed by atoms with E-state index in [0.717, 1.165) is 12.8 Å². The van der Waals surface area contributed by atoms with Gasteiger partial charge in [0, 0.05) is 19.2 Å². The van der Waals surface area contributed by atoms with Gasteiger partial charge in [0.25, 0.3) is 5.91 Å². The first kappa shape index (κ1) is 20.4. The van der Waals surface area contributed by atoms with E-state index in [0.29, 0.717) is 25.9 Å². The second-order valence-corrected chi connectivity index (χ2v) is 8.56. The molecule has 8 nitrogen and oxygen atoms in total. The fourth-order valence-electron chi connectivity index (χ4n) is 3.21. The molecule has 2 rings (SSSR count). The number of furan rings is 1. The van der Waals surface area contributed by atoms with Crippen LogP contribution in [0.1, 0.15) is 62.3 Å². The molecular weight excluding hydrogens is 360 g/mol. The molecule has 1 amide bonds. The van der Waals surface area contributed by atoms with E-state index < -0.39 is 27.4 Å². The third-order valence-electron chi connectivity index (χ3n) is 5.00. The maximum atomic E-state index is 12.7. The Morgan fingerprint density at radius 1 is 1.27 bits per heavy atom. The first-order valence-corrected chi connectivity index (χ1v) is 10.2. The summed E-state index contributed by atoms with van der Waals surface area (Å²) >= 11 is 0. The molecule has 1 fully saturated rings. The smallest absolute Gasteiger partial charge is 0.305 e. The third-order valence-corrected chi connectivity index (χ3v) is 7.01. The molecule has 0 aliphatic carbocycles. The minimum atomic E-state index is -3.69. The van der Waals surface area contributed by atoms with E-state index in [1.807, 2.05) is 0 Å². The molecule has 1 aliphatic heterocycles. The Balaban J connectivity index is 2.27. The van der Waals surface area contributed by atoms with Gasteiger partial charge >= 0.3 is 5.97 Å². The number of carboxylic acids is 1. The van der Waals surface area contributed by atoms with Crippen molar-refractivity contribution in [3.05, 3.63) is 17.6 Å². The van der Waals surface area contributed by atoms with Crippen molar-refractivity contribution in [1.82, 2.24) is 9.62 Å². The second kappa shape index (κ2) is 7.79. The first-order chi connectivity index (χ1) is 12.1. The molecule has 1 aliphatic rings. The molecule has 0 bridgehead atoms. The van der Waals surface area contributed by atoms with Crippen molar-refractivity contribution in [2.75, 3.05) is 13.1 Å². The summed E-state index contributed by atoms with van der Waals surface area (Å²) in [7, 11) is -3.69. The zero-order valence-electron chi connectivity index (χ0n) is 15.4. The average molecular weight is 386 g/mol. The van der Waals surface area contributed by atoms with Crippen LogP contribution < -0.4 is 5.32 Å². The van der Waals surface area contributed by atoms with Gasteiger partial charge in [0.1, 0.15) is 10.7 Å². The number of nitrogens with zero attached hydrogens (tertiary/aromatic N) is 1. The molecule has 0 saturated carbocycles. The summed E-state index contributed by atoms with van der Waals surface area (Å²) in [6.07, 6.45) is 2.27. The van der Waals surface area contributed by atoms with Crippen LogP contribution in [0, 0.1) is 6.92 Å². The monoisotopic (exact) mass is 386 g/mol. The van der Waals surface area contributed by atoms with E-state index in [4.69, 9.17) is 9.52 Å². The van der Waals surface area contributed by atoms with Crippen molar-refractivity contribution >= 4 is 21.9 Å². The Kier molecular flexibility index (Phi) is 6.13. The number of rotatable bonds is 8. The molecule has 146 valence electrons. The fourth-order valence-corrected chi connectivity index (χ4v) is 4.89. The van der Waals surface area contributed by atoms with E-state index in [1.54, 1.807) is 13.8 Å². The van der Waals surface area contributed by atoms with Gasteiger partial charge in [0.05, 0.1) is 12.0 Å². The average Bonchev–Trinajstić information content (AvgIpc) is 3.23. The number of sulfonamides is 1. The number of hydrogen-bond acceptors (Lipinski definition) is 5. The van der Waals surface area contributed by atoms with Crippen LogP contribution in [0.3, 0.4) is 0 Å². The second-order valence-electron chi connectivity index (χ2n) is 6.65. The lowest BCUT2D eigenvalue weighted by molar-refractivity contribution is -0.138. The van der Waals surface area contributed by atoms with E-state index in [2.05, 4.69) is 5.32 Å². The molecule has 1 aromatic heterocycles. The highest BCUT2D eigenvalue weighted by atomic mass is 32.2. The van der Waals surface area contributed by atoms with Gasteiger partial charge in [-0.05, 0) is 32.6 Å². The molecule has 0 spiro atoms. The van der Waals surface area contributed by atoms with Gasteiger partial charge in [0.15, 0.2) is 5.76 Å². The zero-order valence-corrected chi connectivity index (χ0v) is 16.2. The highest BCUT2D eigenvalue weighted by molar-refractivity contribution is 7.89. The van der Waals surface area contributed by atoms with Gasteiger partial charge in [-0.15, -0.1) is 0 Å².